The molecule has 0 saturated heterocycles. The van der Waals surface area contributed by atoms with E-state index in [1.165, 1.54) is 29.9 Å². The van der Waals surface area contributed by atoms with E-state index in [1.807, 2.05) is 6.07 Å². The van der Waals surface area contributed by atoms with Crippen LogP contribution in [0.5, 0.6) is 5.75 Å². The number of carbonyl (C=O) groups excluding carboxylic acids is 1. The molecule has 0 aliphatic rings. The summed E-state index contributed by atoms with van der Waals surface area (Å²) < 4.78 is 68.6. The van der Waals surface area contributed by atoms with E-state index < -0.39 is 46.6 Å². The van der Waals surface area contributed by atoms with Crippen molar-refractivity contribution in [2.24, 2.45) is 0 Å². The Kier molecular flexibility index (Phi) is 7.08. The molecule has 0 aliphatic heterocycles. The lowest BCUT2D eigenvalue weighted by molar-refractivity contribution is 0.206. The highest BCUT2D eigenvalue weighted by Gasteiger charge is 2.28. The lowest BCUT2D eigenvalue weighted by Crippen LogP contribution is -2.35. The molecule has 2 atom stereocenters. The molecule has 0 bridgehead atoms. The minimum absolute atomic E-state index is 0.101. The summed E-state index contributed by atoms with van der Waals surface area (Å²) in [6, 6.07) is 6.41. The Morgan fingerprint density at radius 2 is 1.97 bits per heavy atom. The Bertz CT molecular complexity index is 1190. The third-order valence-electron chi connectivity index (χ3n) is 4.11. The fourth-order valence-corrected chi connectivity index (χ4v) is 3.70. The topological polar surface area (TPSA) is 116 Å². The number of hydrogen-bond acceptors (Lipinski definition) is 7. The molecule has 13 heteroatoms. The van der Waals surface area contributed by atoms with Crippen molar-refractivity contribution in [3.05, 3.63) is 69.8 Å². The highest BCUT2D eigenvalue weighted by atomic mass is 32.2. The maximum absolute atomic E-state index is 14.5. The second-order valence-corrected chi connectivity index (χ2v) is 7.77. The first-order chi connectivity index (χ1) is 15.2. The van der Waals surface area contributed by atoms with Gasteiger partial charge in [0.2, 0.25) is 5.75 Å². The smallest absolute Gasteiger partial charge is 0.403 e. The van der Waals surface area contributed by atoms with Gasteiger partial charge in [-0.2, -0.15) is 9.57 Å². The van der Waals surface area contributed by atoms with Gasteiger partial charge >= 0.3 is 6.09 Å². The fourth-order valence-electron chi connectivity index (χ4n) is 2.69. The van der Waals surface area contributed by atoms with Gasteiger partial charge in [0.25, 0.3) is 11.3 Å². The summed E-state index contributed by atoms with van der Waals surface area (Å²) in [5.41, 5.74) is 1.49. The fraction of sp³-hybridized carbons (Fsp3) is 0.105. The summed E-state index contributed by atoms with van der Waals surface area (Å²) in [6.07, 6.45) is -1.53. The highest BCUT2D eigenvalue weighted by molar-refractivity contribution is 7.81. The Balaban J connectivity index is 1.82. The number of thiazole rings is 1. The minimum Gasteiger partial charge on any atom is -0.403 e. The summed E-state index contributed by atoms with van der Waals surface area (Å²) in [6.45, 7) is 1.52. The van der Waals surface area contributed by atoms with Crippen LogP contribution >= 0.6 is 11.3 Å². The average Bonchev–Trinajstić information content (AvgIpc) is 3.25. The summed E-state index contributed by atoms with van der Waals surface area (Å²) in [5.74, 6) is -4.54. The van der Waals surface area contributed by atoms with E-state index in [-0.39, 0.29) is 26.9 Å². The van der Waals surface area contributed by atoms with E-state index in [0.717, 1.165) is 29.5 Å². The first kappa shape index (κ1) is 23.2. The first-order valence-corrected chi connectivity index (χ1v) is 10.7. The van der Waals surface area contributed by atoms with Crippen molar-refractivity contribution < 1.29 is 31.5 Å². The molecule has 166 valence electrons. The maximum Gasteiger partial charge on any atom is 0.435 e. The van der Waals surface area contributed by atoms with Crippen LogP contribution in [-0.2, 0) is 11.3 Å². The van der Waals surface area contributed by atoms with E-state index in [1.54, 1.807) is 0 Å². The van der Waals surface area contributed by atoms with E-state index in [2.05, 4.69) is 15.0 Å². The van der Waals surface area contributed by atoms with Crippen molar-refractivity contribution in [1.29, 1.82) is 5.26 Å². The van der Waals surface area contributed by atoms with E-state index in [4.69, 9.17) is 5.26 Å². The molecule has 1 amide bonds. The van der Waals surface area contributed by atoms with Gasteiger partial charge < -0.3 is 10.1 Å². The number of carbonyl (C=O) groups is 1. The number of hydrogen-bond donors (Lipinski definition) is 2. The number of benzene rings is 2. The Hall–Kier alpha value is -3.47. The van der Waals surface area contributed by atoms with Crippen molar-refractivity contribution in [3.63, 3.8) is 0 Å². The maximum atomic E-state index is 14.5. The molecular formula is C19H13F3N4O4S2. The summed E-state index contributed by atoms with van der Waals surface area (Å²) in [7, 11) is 0. The van der Waals surface area contributed by atoms with Crippen LogP contribution in [0.15, 0.2) is 41.2 Å². The van der Waals surface area contributed by atoms with Gasteiger partial charge in [0.15, 0.2) is 17.5 Å². The van der Waals surface area contributed by atoms with Gasteiger partial charge in [0.1, 0.15) is 5.82 Å². The van der Waals surface area contributed by atoms with E-state index in [0.29, 0.717) is 0 Å². The Labute approximate surface area is 186 Å². The number of nitrogens with zero attached hydrogens (tertiary/aromatic N) is 3. The van der Waals surface area contributed by atoms with Crippen LogP contribution in [0.1, 0.15) is 24.1 Å². The van der Waals surface area contributed by atoms with Crippen LogP contribution in [0.2, 0.25) is 0 Å². The molecule has 0 spiro atoms. The molecule has 3 rings (SSSR count). The largest absolute Gasteiger partial charge is 0.435 e. The summed E-state index contributed by atoms with van der Waals surface area (Å²) in [5, 5.41) is 12.9. The average molecular weight is 482 g/mol. The number of anilines is 2. The molecular weight excluding hydrogens is 469 g/mol. The molecule has 2 aromatic carbocycles. The zero-order chi connectivity index (χ0) is 23.4. The third kappa shape index (κ3) is 5.05. The van der Waals surface area contributed by atoms with Crippen LogP contribution in [0.25, 0.3) is 0 Å². The lowest BCUT2D eigenvalue weighted by atomic mass is 10.0. The molecule has 1 heterocycles. The van der Waals surface area contributed by atoms with Gasteiger partial charge in [0.05, 0.1) is 23.2 Å². The first-order valence-electron chi connectivity index (χ1n) is 8.67. The second kappa shape index (κ2) is 9.77. The molecule has 0 radical (unpaired) electrons. The molecule has 8 nitrogen and oxygen atoms in total. The van der Waals surface area contributed by atoms with Gasteiger partial charge in [-0.1, -0.05) is 0 Å². The predicted octanol–water partition coefficient (Wildman–Crippen LogP) is 4.75. The van der Waals surface area contributed by atoms with Crippen molar-refractivity contribution >= 4 is 40.2 Å². The predicted molar refractivity (Wildman–Crippen MR) is 111 cm³/mol. The number of halogens is 3. The lowest BCUT2D eigenvalue weighted by Gasteiger charge is -2.18. The Morgan fingerprint density at radius 1 is 1.28 bits per heavy atom. The SMILES string of the molecule is CC(Nc1cc(F)c(OC(=O)N(c2cscn2)S(=O)O)c(F)c1)c1cc(C#N)ccc1F. The molecule has 2 N–H and O–H groups in total. The third-order valence-corrected chi connectivity index (χ3v) is 5.33. The van der Waals surface area contributed by atoms with Crippen LogP contribution in [0, 0.1) is 28.8 Å². The van der Waals surface area contributed by atoms with E-state index in [9.17, 15) is 26.7 Å². The second-order valence-electron chi connectivity index (χ2n) is 6.22. The minimum atomic E-state index is -2.90. The molecule has 3 aromatic rings. The molecule has 0 aliphatic carbocycles. The van der Waals surface area contributed by atoms with Crippen LogP contribution < -0.4 is 14.4 Å². The van der Waals surface area contributed by atoms with Gasteiger partial charge in [-0.15, -0.1) is 11.3 Å². The van der Waals surface area contributed by atoms with Gasteiger partial charge in [-0.25, -0.2) is 27.2 Å². The summed E-state index contributed by atoms with van der Waals surface area (Å²) in [4.78, 5) is 15.9. The van der Waals surface area contributed by atoms with Crippen LogP contribution in [0.3, 0.4) is 0 Å². The zero-order valence-electron chi connectivity index (χ0n) is 16.1. The summed E-state index contributed by atoms with van der Waals surface area (Å²) >= 11 is -1.88. The standard InChI is InChI=1S/C19H13F3N4O4S2/c1-10(13-4-11(7-23)2-3-14(13)20)25-12-5-15(21)18(16(22)6-12)30-19(27)26(32(28)29)17-8-31-9-24-17/h2-6,8-10,25H,1H3,(H,28,29). The highest BCUT2D eigenvalue weighted by Crippen LogP contribution is 2.30. The van der Waals surface area contributed by atoms with Gasteiger partial charge in [-0.3, -0.25) is 4.55 Å². The molecule has 32 heavy (non-hydrogen) atoms. The number of aromatic nitrogens is 1. The number of nitrogens with one attached hydrogen (secondary N) is 1. The number of rotatable bonds is 6. The molecule has 0 saturated carbocycles. The van der Waals surface area contributed by atoms with Crippen LogP contribution in [0.4, 0.5) is 29.5 Å². The molecule has 1 aromatic heterocycles. The van der Waals surface area contributed by atoms with Crippen molar-refractivity contribution in [3.8, 4) is 11.8 Å². The Morgan fingerprint density at radius 3 is 2.53 bits per heavy atom. The normalized spacial score (nSPS) is 12.5. The van der Waals surface area contributed by atoms with E-state index >= 15 is 0 Å². The molecule has 2 unspecified atom stereocenters. The van der Waals surface area contributed by atoms with Crippen molar-refractivity contribution in [2.45, 2.75) is 13.0 Å². The van der Waals surface area contributed by atoms with Gasteiger partial charge in [0, 0.05) is 28.8 Å². The van der Waals surface area contributed by atoms with Crippen molar-refractivity contribution in [1.82, 2.24) is 4.98 Å². The quantitative estimate of drug-likeness (QED) is 0.487. The van der Waals surface area contributed by atoms with Crippen LogP contribution in [-0.4, -0.2) is 19.8 Å². The monoisotopic (exact) mass is 482 g/mol. The number of nitriles is 1. The van der Waals surface area contributed by atoms with Crippen molar-refractivity contribution in [2.75, 3.05) is 9.62 Å². The van der Waals surface area contributed by atoms with Gasteiger partial charge in [-0.05, 0) is 25.1 Å². The zero-order valence-corrected chi connectivity index (χ0v) is 17.7. The number of ether oxygens (including phenoxy) is 1. The molecule has 0 fully saturated rings. The number of amides is 1.